The SMILES string of the molecule is CCN(CC)c1ccc(C2CCCN2C(=O)C(O)C(O)C(=O)NCCc2cccs2)cc1. The number of aliphatic hydroxyl groups excluding tert-OH is 2. The van der Waals surface area contributed by atoms with Crippen molar-refractivity contribution in [3.63, 3.8) is 0 Å². The summed E-state index contributed by atoms with van der Waals surface area (Å²) in [7, 11) is 0. The minimum Gasteiger partial charge on any atom is -0.380 e. The molecule has 0 aliphatic carbocycles. The van der Waals surface area contributed by atoms with Crippen molar-refractivity contribution >= 4 is 28.8 Å². The molecule has 1 aliphatic rings. The van der Waals surface area contributed by atoms with Gasteiger partial charge in [-0.25, -0.2) is 0 Å². The van der Waals surface area contributed by atoms with E-state index in [4.69, 9.17) is 0 Å². The number of nitrogens with one attached hydrogen (secondary N) is 1. The molecule has 1 fully saturated rings. The Labute approximate surface area is 193 Å². The van der Waals surface area contributed by atoms with Gasteiger partial charge in [0.15, 0.2) is 12.2 Å². The molecular formula is C24H33N3O4S. The molecule has 7 nitrogen and oxygen atoms in total. The normalized spacial score (nSPS) is 17.8. The molecule has 1 aromatic heterocycles. The molecule has 0 spiro atoms. The van der Waals surface area contributed by atoms with Crippen molar-refractivity contribution in [1.29, 1.82) is 0 Å². The zero-order valence-electron chi connectivity index (χ0n) is 18.7. The lowest BCUT2D eigenvalue weighted by Crippen LogP contribution is -2.50. The first-order valence-electron chi connectivity index (χ1n) is 11.3. The minimum absolute atomic E-state index is 0.169. The van der Waals surface area contributed by atoms with Gasteiger partial charge in [0, 0.05) is 36.7 Å². The predicted octanol–water partition coefficient (Wildman–Crippen LogP) is 2.34. The summed E-state index contributed by atoms with van der Waals surface area (Å²) in [5.41, 5.74) is 2.12. The second-order valence-electron chi connectivity index (χ2n) is 7.96. The van der Waals surface area contributed by atoms with Crippen molar-refractivity contribution < 1.29 is 19.8 Å². The second-order valence-corrected chi connectivity index (χ2v) is 9.00. The molecule has 32 heavy (non-hydrogen) atoms. The third kappa shape index (κ3) is 5.68. The number of amides is 2. The monoisotopic (exact) mass is 459 g/mol. The fraction of sp³-hybridized carbons (Fsp3) is 0.500. The van der Waals surface area contributed by atoms with E-state index in [2.05, 4.69) is 36.2 Å². The summed E-state index contributed by atoms with van der Waals surface area (Å²) in [6.07, 6.45) is -1.35. The first kappa shape index (κ1) is 24.2. The van der Waals surface area contributed by atoms with Crippen LogP contribution in [0.15, 0.2) is 41.8 Å². The van der Waals surface area contributed by atoms with Crippen molar-refractivity contribution in [2.75, 3.05) is 31.1 Å². The number of hydrogen-bond acceptors (Lipinski definition) is 6. The molecule has 0 bridgehead atoms. The molecule has 2 aromatic rings. The number of anilines is 1. The summed E-state index contributed by atoms with van der Waals surface area (Å²) >= 11 is 1.59. The average Bonchev–Trinajstić information content (AvgIpc) is 3.51. The number of hydrogen-bond donors (Lipinski definition) is 3. The van der Waals surface area contributed by atoms with Gasteiger partial charge >= 0.3 is 0 Å². The van der Waals surface area contributed by atoms with E-state index in [-0.39, 0.29) is 6.04 Å². The van der Waals surface area contributed by atoms with E-state index in [1.807, 2.05) is 29.6 Å². The van der Waals surface area contributed by atoms with Gasteiger partial charge in [-0.2, -0.15) is 0 Å². The second kappa shape index (κ2) is 11.4. The molecule has 2 heterocycles. The van der Waals surface area contributed by atoms with Crippen molar-refractivity contribution in [1.82, 2.24) is 10.2 Å². The summed E-state index contributed by atoms with van der Waals surface area (Å²) < 4.78 is 0. The van der Waals surface area contributed by atoms with Gasteiger partial charge in [0.2, 0.25) is 0 Å². The molecule has 3 N–H and O–H groups in total. The Bertz CT molecular complexity index is 868. The maximum absolute atomic E-state index is 12.9. The standard InChI is InChI=1S/C24H33N3O4S/c1-3-26(4-2)18-11-9-17(10-12-18)20-8-5-15-27(20)24(31)22(29)21(28)23(30)25-14-13-19-7-6-16-32-19/h6-7,9-12,16,20-22,28-29H,3-5,8,13-15H2,1-2H3,(H,25,30). The molecule has 1 aromatic carbocycles. The van der Waals surface area contributed by atoms with Crippen LogP contribution in [-0.4, -0.2) is 65.3 Å². The zero-order chi connectivity index (χ0) is 23.1. The van der Waals surface area contributed by atoms with Gasteiger partial charge in [-0.3, -0.25) is 9.59 Å². The summed E-state index contributed by atoms with van der Waals surface area (Å²) in [5.74, 6) is -1.34. The number of rotatable bonds is 10. The van der Waals surface area contributed by atoms with Crippen LogP contribution in [0.25, 0.3) is 0 Å². The van der Waals surface area contributed by atoms with Gasteiger partial charge in [-0.15, -0.1) is 11.3 Å². The topological polar surface area (TPSA) is 93.1 Å². The fourth-order valence-electron chi connectivity index (χ4n) is 4.19. The lowest BCUT2D eigenvalue weighted by Gasteiger charge is -2.29. The third-order valence-electron chi connectivity index (χ3n) is 6.01. The quantitative estimate of drug-likeness (QED) is 0.507. The molecular weight excluding hydrogens is 426 g/mol. The Hall–Kier alpha value is -2.42. The molecule has 3 atom stereocenters. The van der Waals surface area contributed by atoms with Gasteiger partial charge in [-0.05, 0) is 62.3 Å². The highest BCUT2D eigenvalue weighted by atomic mass is 32.1. The summed E-state index contributed by atoms with van der Waals surface area (Å²) in [6, 6.07) is 11.9. The highest BCUT2D eigenvalue weighted by Gasteiger charge is 2.38. The van der Waals surface area contributed by atoms with E-state index in [0.717, 1.165) is 42.1 Å². The van der Waals surface area contributed by atoms with Crippen molar-refractivity contribution in [2.24, 2.45) is 0 Å². The van der Waals surface area contributed by atoms with Crippen LogP contribution in [0.3, 0.4) is 0 Å². The Balaban J connectivity index is 1.59. The fourth-order valence-corrected chi connectivity index (χ4v) is 4.90. The number of thiophene rings is 1. The number of aliphatic hydroxyl groups is 2. The maximum atomic E-state index is 12.9. The minimum atomic E-state index is -1.79. The van der Waals surface area contributed by atoms with Gasteiger partial charge in [0.05, 0.1) is 6.04 Å². The Kier molecular flexibility index (Phi) is 8.67. The third-order valence-corrected chi connectivity index (χ3v) is 6.95. The Morgan fingerprint density at radius 2 is 1.88 bits per heavy atom. The highest BCUT2D eigenvalue weighted by molar-refractivity contribution is 7.09. The van der Waals surface area contributed by atoms with E-state index in [1.54, 1.807) is 16.2 Å². The van der Waals surface area contributed by atoms with Crippen LogP contribution < -0.4 is 10.2 Å². The molecule has 1 aliphatic heterocycles. The first-order chi connectivity index (χ1) is 15.5. The van der Waals surface area contributed by atoms with Crippen molar-refractivity contribution in [3.05, 3.63) is 52.2 Å². The predicted molar refractivity (Wildman–Crippen MR) is 127 cm³/mol. The summed E-state index contributed by atoms with van der Waals surface area (Å²) in [4.78, 5) is 30.1. The molecule has 8 heteroatoms. The van der Waals surface area contributed by atoms with Crippen LogP contribution in [0.4, 0.5) is 5.69 Å². The van der Waals surface area contributed by atoms with E-state index in [9.17, 15) is 19.8 Å². The Morgan fingerprint density at radius 3 is 2.50 bits per heavy atom. The lowest BCUT2D eigenvalue weighted by molar-refractivity contribution is -0.153. The number of nitrogens with zero attached hydrogens (tertiary/aromatic N) is 2. The molecule has 1 saturated heterocycles. The highest BCUT2D eigenvalue weighted by Crippen LogP contribution is 2.33. The van der Waals surface area contributed by atoms with E-state index < -0.39 is 24.0 Å². The Morgan fingerprint density at radius 1 is 1.16 bits per heavy atom. The van der Waals surface area contributed by atoms with E-state index in [1.165, 1.54) is 0 Å². The maximum Gasteiger partial charge on any atom is 0.255 e. The average molecular weight is 460 g/mol. The van der Waals surface area contributed by atoms with Gasteiger partial charge in [-0.1, -0.05) is 18.2 Å². The number of carbonyl (C=O) groups excluding carboxylic acids is 2. The van der Waals surface area contributed by atoms with Crippen LogP contribution in [0.1, 0.15) is 43.2 Å². The number of benzene rings is 1. The molecule has 174 valence electrons. The lowest BCUT2D eigenvalue weighted by atomic mass is 10.0. The summed E-state index contributed by atoms with van der Waals surface area (Å²) in [6.45, 7) is 6.89. The van der Waals surface area contributed by atoms with Crippen LogP contribution in [-0.2, 0) is 16.0 Å². The number of carbonyl (C=O) groups is 2. The van der Waals surface area contributed by atoms with Gasteiger partial charge in [0.25, 0.3) is 11.8 Å². The number of likely N-dealkylation sites (tertiary alicyclic amines) is 1. The van der Waals surface area contributed by atoms with E-state index in [0.29, 0.717) is 19.5 Å². The first-order valence-corrected chi connectivity index (χ1v) is 12.2. The van der Waals surface area contributed by atoms with Crippen LogP contribution in [0, 0.1) is 0 Å². The molecule has 0 radical (unpaired) electrons. The van der Waals surface area contributed by atoms with Crippen molar-refractivity contribution in [3.8, 4) is 0 Å². The molecule has 3 rings (SSSR count). The molecule has 2 amide bonds. The molecule has 0 saturated carbocycles. The van der Waals surface area contributed by atoms with Crippen LogP contribution >= 0.6 is 11.3 Å². The van der Waals surface area contributed by atoms with Gasteiger partial charge < -0.3 is 25.3 Å². The smallest absolute Gasteiger partial charge is 0.255 e. The van der Waals surface area contributed by atoms with Gasteiger partial charge in [0.1, 0.15) is 0 Å². The van der Waals surface area contributed by atoms with E-state index >= 15 is 0 Å². The molecule has 3 unspecified atom stereocenters. The van der Waals surface area contributed by atoms with Crippen LogP contribution in [0.5, 0.6) is 0 Å². The van der Waals surface area contributed by atoms with Crippen LogP contribution in [0.2, 0.25) is 0 Å². The van der Waals surface area contributed by atoms with Crippen molar-refractivity contribution in [2.45, 2.75) is 51.4 Å². The zero-order valence-corrected chi connectivity index (χ0v) is 19.6. The summed E-state index contributed by atoms with van der Waals surface area (Å²) in [5, 5.41) is 25.3. The largest absolute Gasteiger partial charge is 0.380 e.